The summed E-state index contributed by atoms with van der Waals surface area (Å²) in [6.07, 6.45) is 121. The molecule has 0 aromatic carbocycles. The lowest BCUT2D eigenvalue weighted by atomic mass is 10.0. The number of aliphatic hydroxyl groups excluding tert-OH is 1. The third-order valence-corrected chi connectivity index (χ3v) is 14.6. The second-order valence-corrected chi connectivity index (χ2v) is 22.8. The number of ether oxygens (including phenoxy) is 2. The second-order valence-electron chi connectivity index (χ2n) is 22.8. The Bertz CT molecular complexity index is 2050. The van der Waals surface area contributed by atoms with Gasteiger partial charge in [-0.05, 0) is 148 Å². The Morgan fingerprint density at radius 3 is 0.682 bits per heavy atom. The molecule has 0 aromatic heterocycles. The average Bonchev–Trinajstić information content (AvgIpc) is 3.56. The van der Waals surface area contributed by atoms with E-state index in [9.17, 15) is 14.7 Å². The second kappa shape index (κ2) is 75.7. The predicted molar refractivity (Wildman–Crippen MR) is 389 cm³/mol. The van der Waals surface area contributed by atoms with Crippen molar-refractivity contribution in [2.45, 2.75) is 290 Å². The molecule has 0 aliphatic carbocycles. The van der Waals surface area contributed by atoms with Crippen LogP contribution in [0.4, 0.5) is 0 Å². The third-order valence-electron chi connectivity index (χ3n) is 14.6. The Kier molecular flexibility index (Phi) is 71.0. The Labute approximate surface area is 542 Å². The van der Waals surface area contributed by atoms with E-state index < -0.39 is 6.10 Å². The van der Waals surface area contributed by atoms with E-state index in [1.807, 2.05) is 0 Å². The first kappa shape index (κ1) is 82.5. The van der Waals surface area contributed by atoms with Crippen molar-refractivity contribution in [3.8, 4) is 0 Å². The molecule has 0 bridgehead atoms. The van der Waals surface area contributed by atoms with Gasteiger partial charge in [-0.1, -0.05) is 330 Å². The third kappa shape index (κ3) is 73.0. The molecule has 1 N–H and O–H groups in total. The highest BCUT2D eigenvalue weighted by Crippen LogP contribution is 2.16. The summed E-state index contributed by atoms with van der Waals surface area (Å²) in [7, 11) is 0. The molecular weight excluding hydrogens is 1080 g/mol. The zero-order chi connectivity index (χ0) is 63.3. The van der Waals surface area contributed by atoms with Gasteiger partial charge in [-0.2, -0.15) is 0 Å². The van der Waals surface area contributed by atoms with E-state index in [1.165, 1.54) is 103 Å². The molecule has 1 atom stereocenters. The molecule has 0 aromatic rings. The van der Waals surface area contributed by atoms with Crippen LogP contribution in [-0.4, -0.2) is 36.4 Å². The maximum atomic E-state index is 12.4. The van der Waals surface area contributed by atoms with Crippen LogP contribution in [0, 0.1) is 0 Å². The Hall–Kier alpha value is -5.52. The minimum atomic E-state index is -0.795. The van der Waals surface area contributed by atoms with Gasteiger partial charge in [0, 0.05) is 12.8 Å². The normalized spacial score (nSPS) is 13.5. The van der Waals surface area contributed by atoms with E-state index in [4.69, 9.17) is 9.47 Å². The fraction of sp³-hybridized carbons (Fsp3) is 0.566. The van der Waals surface area contributed by atoms with Gasteiger partial charge in [-0.15, -0.1) is 0 Å². The molecule has 0 spiro atoms. The maximum Gasteiger partial charge on any atom is 0.306 e. The van der Waals surface area contributed by atoms with Gasteiger partial charge < -0.3 is 14.6 Å². The summed E-state index contributed by atoms with van der Waals surface area (Å²) in [6, 6.07) is 0. The summed E-state index contributed by atoms with van der Waals surface area (Å²) in [5.41, 5.74) is 0. The molecule has 88 heavy (non-hydrogen) atoms. The minimum absolute atomic E-state index is 0.0819. The first-order valence-electron chi connectivity index (χ1n) is 35.6. The number of rotatable bonds is 63. The number of hydrogen-bond donors (Lipinski definition) is 1. The van der Waals surface area contributed by atoms with Gasteiger partial charge in [-0.3, -0.25) is 9.59 Å². The van der Waals surface area contributed by atoms with E-state index in [2.05, 4.69) is 220 Å². The summed E-state index contributed by atoms with van der Waals surface area (Å²) >= 11 is 0. The van der Waals surface area contributed by atoms with Crippen molar-refractivity contribution in [1.29, 1.82) is 0 Å². The largest absolute Gasteiger partial charge is 0.462 e. The smallest absolute Gasteiger partial charge is 0.306 e. The molecule has 0 saturated carbocycles. The summed E-state index contributed by atoms with van der Waals surface area (Å²) in [5.74, 6) is -0.612. The van der Waals surface area contributed by atoms with E-state index >= 15 is 0 Å². The van der Waals surface area contributed by atoms with E-state index in [1.54, 1.807) is 0 Å². The number of allylic oxidation sites excluding steroid dienone is 34. The summed E-state index contributed by atoms with van der Waals surface area (Å²) in [5, 5.41) is 9.71. The first-order valence-corrected chi connectivity index (χ1v) is 35.6. The molecule has 0 saturated heterocycles. The lowest BCUT2D eigenvalue weighted by Gasteiger charge is -2.15. The predicted octanol–water partition coefficient (Wildman–Crippen LogP) is 25.3. The number of esters is 2. The SMILES string of the molecule is CC/C=C\C/C=C\C/C=C\C/C=C\C/C=C\C/C=C\C/C=C\C/C=C\C/C=C\C/C=C\C/C=C\CCCCCCCCCC(=O)OC(CO)COC(=O)CCCCCCCCCCCCCCCC/C=C\C/C=C\C/C=C\C/C=C\C/C=C\C/C=C\CC. The molecule has 1 unspecified atom stereocenters. The number of unbranched alkanes of at least 4 members (excludes halogenated alkanes) is 21. The highest BCUT2D eigenvalue weighted by molar-refractivity contribution is 5.70. The number of carbonyl (C=O) groups excluding carboxylic acids is 2. The summed E-state index contributed by atoms with van der Waals surface area (Å²) < 4.78 is 10.7. The van der Waals surface area contributed by atoms with Crippen LogP contribution < -0.4 is 0 Å². The molecule has 0 amide bonds. The van der Waals surface area contributed by atoms with Crippen molar-refractivity contribution < 1.29 is 24.2 Å². The van der Waals surface area contributed by atoms with E-state index in [0.29, 0.717) is 12.8 Å². The van der Waals surface area contributed by atoms with Gasteiger partial charge in [0.2, 0.25) is 0 Å². The molecule has 5 heteroatoms. The van der Waals surface area contributed by atoms with Gasteiger partial charge in [0.05, 0.1) is 6.61 Å². The lowest BCUT2D eigenvalue weighted by Crippen LogP contribution is -2.28. The first-order chi connectivity index (χ1) is 43.6. The molecule has 0 heterocycles. The number of aliphatic hydroxyl groups is 1. The van der Waals surface area contributed by atoms with Gasteiger partial charge >= 0.3 is 11.9 Å². The van der Waals surface area contributed by atoms with Crippen LogP contribution in [0.2, 0.25) is 0 Å². The van der Waals surface area contributed by atoms with Crippen LogP contribution in [0.3, 0.4) is 0 Å². The molecule has 0 fully saturated rings. The van der Waals surface area contributed by atoms with Crippen LogP contribution in [0.25, 0.3) is 0 Å². The molecule has 492 valence electrons. The Morgan fingerprint density at radius 1 is 0.261 bits per heavy atom. The Morgan fingerprint density at radius 2 is 0.455 bits per heavy atom. The van der Waals surface area contributed by atoms with Crippen molar-refractivity contribution in [3.63, 3.8) is 0 Å². The van der Waals surface area contributed by atoms with Crippen LogP contribution in [0.5, 0.6) is 0 Å². The average molecular weight is 1210 g/mol. The summed E-state index contributed by atoms with van der Waals surface area (Å²) in [4.78, 5) is 24.7. The molecule has 0 aliphatic rings. The van der Waals surface area contributed by atoms with Gasteiger partial charge in [-0.25, -0.2) is 0 Å². The summed E-state index contributed by atoms with van der Waals surface area (Å²) in [6.45, 7) is 3.90. The number of hydrogen-bond acceptors (Lipinski definition) is 5. The van der Waals surface area contributed by atoms with Crippen LogP contribution in [0.15, 0.2) is 207 Å². The van der Waals surface area contributed by atoms with Crippen LogP contribution in [-0.2, 0) is 19.1 Å². The molecule has 0 radical (unpaired) electrons. The fourth-order valence-corrected chi connectivity index (χ4v) is 9.33. The van der Waals surface area contributed by atoms with Crippen molar-refractivity contribution in [1.82, 2.24) is 0 Å². The van der Waals surface area contributed by atoms with E-state index in [0.717, 1.165) is 154 Å². The lowest BCUT2D eigenvalue weighted by molar-refractivity contribution is -0.161. The topological polar surface area (TPSA) is 72.8 Å². The van der Waals surface area contributed by atoms with Gasteiger partial charge in [0.1, 0.15) is 6.61 Å². The van der Waals surface area contributed by atoms with Crippen molar-refractivity contribution >= 4 is 11.9 Å². The zero-order valence-corrected chi connectivity index (χ0v) is 56.4. The zero-order valence-electron chi connectivity index (χ0n) is 56.4. The molecular formula is C83H130O5. The minimum Gasteiger partial charge on any atom is -0.462 e. The van der Waals surface area contributed by atoms with Gasteiger partial charge in [0.15, 0.2) is 6.10 Å². The molecule has 0 aliphatic heterocycles. The van der Waals surface area contributed by atoms with E-state index in [-0.39, 0.29) is 25.2 Å². The highest BCUT2D eigenvalue weighted by atomic mass is 16.6. The van der Waals surface area contributed by atoms with Gasteiger partial charge in [0.25, 0.3) is 0 Å². The quantitative estimate of drug-likeness (QED) is 0.0373. The standard InChI is InChI=1S/C83H130O5/c1-3-5-7-9-11-13-15-17-19-21-23-25-27-29-31-33-35-37-38-39-40-41-42-43-44-46-48-50-52-54-56-58-60-62-64-66-68-70-72-74-76-78-83(86)88-81(79-84)80-87-82(85)77-75-73-71-69-67-65-63-61-59-57-55-53-51-49-47-45-36-34-32-30-28-26-24-22-20-18-16-14-12-10-8-6-4-2/h5-8,11-14,17-20,23-26,29-32,35-37,39-40,42-43,45-46,48,52,54,58,60,81,84H,3-4,9-10,15-16,21-22,27-28,33-34,38,41,44,47,49-51,53,55-57,59,61-80H2,1-2H3/b7-5-,8-6-,13-11-,14-12-,19-17-,20-18-,25-23-,26-24-,31-29-,32-30-,37-35-,40-39-,43-42-,45-36-,48-46-,54-52-,60-58-. The Balaban J connectivity index is 3.60. The van der Waals surface area contributed by atoms with Crippen LogP contribution >= 0.6 is 0 Å². The van der Waals surface area contributed by atoms with Crippen molar-refractivity contribution in [2.24, 2.45) is 0 Å². The van der Waals surface area contributed by atoms with Crippen molar-refractivity contribution in [2.75, 3.05) is 13.2 Å². The molecule has 5 nitrogen and oxygen atoms in total. The highest BCUT2D eigenvalue weighted by Gasteiger charge is 2.16. The van der Waals surface area contributed by atoms with Crippen LogP contribution in [0.1, 0.15) is 284 Å². The monoisotopic (exact) mass is 1210 g/mol. The van der Waals surface area contributed by atoms with Crippen molar-refractivity contribution in [3.05, 3.63) is 207 Å². The fourth-order valence-electron chi connectivity index (χ4n) is 9.33. The maximum absolute atomic E-state index is 12.4. The number of carbonyl (C=O) groups is 2. The molecule has 0 rings (SSSR count).